The Morgan fingerprint density at radius 3 is 2.70 bits per heavy atom. The van der Waals surface area contributed by atoms with Crippen molar-refractivity contribution in [1.29, 1.82) is 0 Å². The van der Waals surface area contributed by atoms with Crippen LogP contribution < -0.4 is 11.1 Å². The fourth-order valence-corrected chi connectivity index (χ4v) is 3.91. The number of hydrogen-bond acceptors (Lipinski definition) is 5. The van der Waals surface area contributed by atoms with Crippen molar-refractivity contribution >= 4 is 29.4 Å². The van der Waals surface area contributed by atoms with Gasteiger partial charge in [0, 0.05) is 24.5 Å². The van der Waals surface area contributed by atoms with Gasteiger partial charge in [-0.3, -0.25) is 14.4 Å². The van der Waals surface area contributed by atoms with E-state index in [1.54, 1.807) is 23.1 Å². The monoisotopic (exact) mass is 433 g/mol. The normalized spacial score (nSPS) is 26.2. The lowest BCUT2D eigenvalue weighted by molar-refractivity contribution is -0.149. The van der Waals surface area contributed by atoms with Crippen LogP contribution in [0.25, 0.3) is 0 Å². The van der Waals surface area contributed by atoms with Gasteiger partial charge >= 0.3 is 5.97 Å². The van der Waals surface area contributed by atoms with Crippen molar-refractivity contribution in [3.63, 3.8) is 0 Å². The molecule has 0 bridgehead atoms. The molecule has 8 heteroatoms. The van der Waals surface area contributed by atoms with Crippen LogP contribution in [-0.4, -0.2) is 47.9 Å². The van der Waals surface area contributed by atoms with Crippen LogP contribution in [0.2, 0.25) is 5.02 Å². The van der Waals surface area contributed by atoms with Gasteiger partial charge in [-0.05, 0) is 43.4 Å². The van der Waals surface area contributed by atoms with Gasteiger partial charge in [0.1, 0.15) is 12.6 Å². The fourth-order valence-electron chi connectivity index (χ4n) is 3.79. The number of halogens is 1. The molecule has 2 aliphatic heterocycles. The maximum atomic E-state index is 13.2. The van der Waals surface area contributed by atoms with Gasteiger partial charge in [-0.25, -0.2) is 0 Å². The minimum Gasteiger partial charge on any atom is -0.462 e. The number of hydrogen-bond donors (Lipinski definition) is 2. The standard InChI is InChI=1S/C22H28ClN3O4/c23-17-9-7-15(8-10-17)13-25-20(27)12-16-4-1-2-6-19(24)22(29)30-14-18-5-3-11-26(18)21(16)28/h1-2,7-10,16,18-19H,3-6,11-14,24H2,(H,25,27)/b2-1-/t16-,18-,19-/m0/s1. The smallest absolute Gasteiger partial charge is 0.323 e. The number of esters is 1. The third-order valence-electron chi connectivity index (χ3n) is 5.54. The molecule has 0 aliphatic carbocycles. The number of ether oxygens (including phenoxy) is 1. The number of nitrogens with two attached hydrogens (primary N) is 1. The van der Waals surface area contributed by atoms with Crippen LogP contribution in [0.5, 0.6) is 0 Å². The lowest BCUT2D eigenvalue weighted by Gasteiger charge is -2.29. The Kier molecular flexibility index (Phi) is 7.87. The van der Waals surface area contributed by atoms with E-state index in [0.717, 1.165) is 18.4 Å². The van der Waals surface area contributed by atoms with Crippen molar-refractivity contribution in [2.75, 3.05) is 13.2 Å². The average Bonchev–Trinajstić information content (AvgIpc) is 3.21. The predicted octanol–water partition coefficient (Wildman–Crippen LogP) is 2.17. The summed E-state index contributed by atoms with van der Waals surface area (Å²) in [5.41, 5.74) is 6.80. The van der Waals surface area contributed by atoms with Gasteiger partial charge in [-0.2, -0.15) is 0 Å². The zero-order chi connectivity index (χ0) is 21.5. The molecule has 1 saturated heterocycles. The zero-order valence-corrected chi connectivity index (χ0v) is 17.6. The van der Waals surface area contributed by atoms with Gasteiger partial charge in [0.25, 0.3) is 0 Å². The predicted molar refractivity (Wildman–Crippen MR) is 113 cm³/mol. The second-order valence-electron chi connectivity index (χ2n) is 7.81. The number of carbonyl (C=O) groups excluding carboxylic acids is 3. The van der Waals surface area contributed by atoms with E-state index in [-0.39, 0.29) is 30.9 Å². The topological polar surface area (TPSA) is 102 Å². The lowest BCUT2D eigenvalue weighted by atomic mass is 9.97. The van der Waals surface area contributed by atoms with E-state index in [9.17, 15) is 14.4 Å². The van der Waals surface area contributed by atoms with Crippen LogP contribution in [0.3, 0.4) is 0 Å². The first kappa shape index (κ1) is 22.3. The number of cyclic esters (lactones) is 1. The Bertz CT molecular complexity index is 796. The zero-order valence-electron chi connectivity index (χ0n) is 16.9. The quantitative estimate of drug-likeness (QED) is 0.559. The first-order valence-electron chi connectivity index (χ1n) is 10.3. The molecule has 3 atom stereocenters. The largest absolute Gasteiger partial charge is 0.462 e. The summed E-state index contributed by atoms with van der Waals surface area (Å²) in [6.45, 7) is 1.14. The van der Waals surface area contributed by atoms with E-state index in [4.69, 9.17) is 22.1 Å². The van der Waals surface area contributed by atoms with E-state index in [2.05, 4.69) is 5.32 Å². The van der Waals surface area contributed by atoms with Crippen molar-refractivity contribution in [3.05, 3.63) is 47.0 Å². The van der Waals surface area contributed by atoms with Crippen LogP contribution in [0.4, 0.5) is 0 Å². The molecule has 1 aromatic carbocycles. The summed E-state index contributed by atoms with van der Waals surface area (Å²) in [6.07, 6.45) is 6.11. The van der Waals surface area contributed by atoms with Crippen molar-refractivity contribution in [2.24, 2.45) is 11.7 Å². The van der Waals surface area contributed by atoms with E-state index >= 15 is 0 Å². The Morgan fingerprint density at radius 1 is 1.20 bits per heavy atom. The van der Waals surface area contributed by atoms with Crippen LogP contribution >= 0.6 is 11.6 Å². The first-order valence-corrected chi connectivity index (χ1v) is 10.7. The van der Waals surface area contributed by atoms with E-state index in [0.29, 0.717) is 31.0 Å². The molecule has 0 spiro atoms. The number of amides is 2. The molecule has 162 valence electrons. The Balaban J connectivity index is 1.65. The maximum absolute atomic E-state index is 13.2. The summed E-state index contributed by atoms with van der Waals surface area (Å²) in [7, 11) is 0. The minimum atomic E-state index is -0.715. The van der Waals surface area contributed by atoms with Gasteiger partial charge in [-0.1, -0.05) is 35.9 Å². The molecule has 3 N–H and O–H groups in total. The molecular weight excluding hydrogens is 406 g/mol. The van der Waals surface area contributed by atoms with Crippen LogP contribution in [0, 0.1) is 5.92 Å². The summed E-state index contributed by atoms with van der Waals surface area (Å²) in [5.74, 6) is -1.15. The molecule has 0 saturated carbocycles. The molecule has 2 heterocycles. The van der Waals surface area contributed by atoms with Crippen molar-refractivity contribution < 1.29 is 19.1 Å². The summed E-state index contributed by atoms with van der Waals surface area (Å²) < 4.78 is 5.32. The number of nitrogens with zero attached hydrogens (tertiary/aromatic N) is 1. The number of carbonyl (C=O) groups is 3. The highest BCUT2D eigenvalue weighted by molar-refractivity contribution is 6.30. The first-order chi connectivity index (χ1) is 14.4. The number of nitrogens with one attached hydrogen (secondary N) is 1. The summed E-state index contributed by atoms with van der Waals surface area (Å²) >= 11 is 5.88. The van der Waals surface area contributed by atoms with E-state index in [1.165, 1.54) is 0 Å². The highest BCUT2D eigenvalue weighted by Gasteiger charge is 2.34. The SMILES string of the molecule is N[C@H]1C/C=C\C[C@@H](CC(=O)NCc2ccc(Cl)cc2)C(=O)N2CCC[C@H]2COC1=O. The van der Waals surface area contributed by atoms with Crippen LogP contribution in [0.15, 0.2) is 36.4 Å². The average molecular weight is 434 g/mol. The Hall–Kier alpha value is -2.38. The molecular formula is C22H28ClN3O4. The van der Waals surface area contributed by atoms with Gasteiger partial charge < -0.3 is 20.7 Å². The molecule has 2 aliphatic rings. The molecule has 0 unspecified atom stereocenters. The second-order valence-corrected chi connectivity index (χ2v) is 8.25. The van der Waals surface area contributed by atoms with Gasteiger partial charge in [-0.15, -0.1) is 0 Å². The molecule has 0 radical (unpaired) electrons. The van der Waals surface area contributed by atoms with Gasteiger partial charge in [0.15, 0.2) is 0 Å². The number of benzene rings is 1. The molecule has 1 aromatic rings. The van der Waals surface area contributed by atoms with Crippen molar-refractivity contribution in [3.8, 4) is 0 Å². The molecule has 7 nitrogen and oxygen atoms in total. The van der Waals surface area contributed by atoms with Crippen LogP contribution in [-0.2, 0) is 25.7 Å². The highest BCUT2D eigenvalue weighted by Crippen LogP contribution is 2.24. The second kappa shape index (κ2) is 10.6. The molecule has 3 rings (SSSR count). The third-order valence-corrected chi connectivity index (χ3v) is 5.79. The third kappa shape index (κ3) is 6.06. The molecule has 1 fully saturated rings. The summed E-state index contributed by atoms with van der Waals surface area (Å²) in [6, 6.07) is 6.38. The van der Waals surface area contributed by atoms with Gasteiger partial charge in [0.05, 0.1) is 12.0 Å². The van der Waals surface area contributed by atoms with Crippen molar-refractivity contribution in [2.45, 2.75) is 50.7 Å². The lowest BCUT2D eigenvalue weighted by Crippen LogP contribution is -2.44. The van der Waals surface area contributed by atoms with Crippen molar-refractivity contribution in [1.82, 2.24) is 10.2 Å². The number of fused-ring (bicyclic) bond motifs is 1. The number of allylic oxidation sites excluding steroid dienone is 1. The molecule has 30 heavy (non-hydrogen) atoms. The number of rotatable bonds is 4. The molecule has 0 aromatic heterocycles. The Morgan fingerprint density at radius 2 is 1.93 bits per heavy atom. The van der Waals surface area contributed by atoms with E-state index in [1.807, 2.05) is 18.2 Å². The van der Waals surface area contributed by atoms with Crippen LogP contribution in [0.1, 0.15) is 37.7 Å². The maximum Gasteiger partial charge on any atom is 0.323 e. The Labute approximate surface area is 181 Å². The fraction of sp³-hybridized carbons (Fsp3) is 0.500. The summed E-state index contributed by atoms with van der Waals surface area (Å²) in [5, 5.41) is 3.52. The van der Waals surface area contributed by atoms with Gasteiger partial charge in [0.2, 0.25) is 11.8 Å². The van der Waals surface area contributed by atoms with E-state index < -0.39 is 17.9 Å². The molecule has 2 amide bonds. The minimum absolute atomic E-state index is 0.0651. The highest BCUT2D eigenvalue weighted by atomic mass is 35.5. The summed E-state index contributed by atoms with van der Waals surface area (Å²) in [4.78, 5) is 39.4.